The number of nitrogen functional groups attached to an aromatic ring is 1. The molecule has 0 aromatic carbocycles. The van der Waals surface area contributed by atoms with Crippen LogP contribution in [0, 0.1) is 6.92 Å². The van der Waals surface area contributed by atoms with Gasteiger partial charge >= 0.3 is 0 Å². The number of hydrogen-bond donors (Lipinski definition) is 2. The van der Waals surface area contributed by atoms with Gasteiger partial charge in [0.25, 0.3) is 0 Å². The number of aromatic nitrogens is 3. The summed E-state index contributed by atoms with van der Waals surface area (Å²) in [6.45, 7) is 6.39. The fraction of sp³-hybridized carbons (Fsp3) is 0.417. The number of hydrogen-bond acceptors (Lipinski definition) is 7. The highest BCUT2D eigenvalue weighted by atomic mass is 32.1. The highest BCUT2D eigenvalue weighted by Gasteiger charge is 2.14. The molecule has 2 rings (SSSR count). The topological polar surface area (TPSA) is 86.0 Å². The summed E-state index contributed by atoms with van der Waals surface area (Å²) in [5, 5.41) is 6.24. The van der Waals surface area contributed by atoms with Gasteiger partial charge < -0.3 is 15.8 Å². The van der Waals surface area contributed by atoms with E-state index in [2.05, 4.69) is 20.3 Å². The van der Waals surface area contributed by atoms with Crippen LogP contribution in [-0.4, -0.2) is 21.6 Å². The second-order valence-electron chi connectivity index (χ2n) is 4.07. The maximum atomic E-state index is 5.97. The van der Waals surface area contributed by atoms with Crippen molar-refractivity contribution in [2.75, 3.05) is 17.7 Å². The average molecular weight is 279 g/mol. The summed E-state index contributed by atoms with van der Waals surface area (Å²) < 4.78 is 5.34. The Balaban J connectivity index is 2.16. The molecule has 3 N–H and O–H groups in total. The minimum absolute atomic E-state index is 0.0328. The lowest BCUT2D eigenvalue weighted by atomic mass is 10.3. The van der Waals surface area contributed by atoms with E-state index in [0.29, 0.717) is 24.0 Å². The highest BCUT2D eigenvalue weighted by Crippen LogP contribution is 2.28. The van der Waals surface area contributed by atoms with Gasteiger partial charge in [-0.25, -0.2) is 9.97 Å². The third-order valence-electron chi connectivity index (χ3n) is 2.49. The number of rotatable bonds is 5. The van der Waals surface area contributed by atoms with Crippen molar-refractivity contribution in [1.29, 1.82) is 0 Å². The fourth-order valence-corrected chi connectivity index (χ4v) is 2.39. The lowest BCUT2D eigenvalue weighted by Gasteiger charge is -2.14. The molecule has 7 heteroatoms. The Morgan fingerprint density at radius 3 is 2.89 bits per heavy atom. The minimum Gasteiger partial charge on any atom is -0.476 e. The normalized spacial score (nSPS) is 12.2. The van der Waals surface area contributed by atoms with Crippen molar-refractivity contribution in [3.8, 4) is 5.88 Å². The van der Waals surface area contributed by atoms with Crippen LogP contribution in [0.2, 0.25) is 0 Å². The average Bonchev–Trinajstić information content (AvgIpc) is 2.81. The molecule has 1 atom stereocenters. The van der Waals surface area contributed by atoms with Crippen LogP contribution in [0.1, 0.15) is 30.6 Å². The molecule has 2 aromatic heterocycles. The predicted octanol–water partition coefficient (Wildman–Crippen LogP) is 2.40. The Morgan fingerprint density at radius 1 is 1.47 bits per heavy atom. The number of nitrogens with one attached hydrogen (secondary N) is 1. The molecule has 0 radical (unpaired) electrons. The first-order chi connectivity index (χ1) is 9.11. The van der Waals surface area contributed by atoms with Crippen molar-refractivity contribution in [3.05, 3.63) is 22.4 Å². The summed E-state index contributed by atoms with van der Waals surface area (Å²) in [6.07, 6.45) is 1.43. The highest BCUT2D eigenvalue weighted by molar-refractivity contribution is 7.09. The zero-order valence-corrected chi connectivity index (χ0v) is 12.0. The van der Waals surface area contributed by atoms with Gasteiger partial charge in [-0.3, -0.25) is 0 Å². The molecule has 0 fully saturated rings. The molecule has 0 bridgehead atoms. The Bertz CT molecular complexity index is 557. The van der Waals surface area contributed by atoms with E-state index < -0.39 is 0 Å². The third-order valence-corrected chi connectivity index (χ3v) is 3.63. The van der Waals surface area contributed by atoms with Gasteiger partial charge in [0.2, 0.25) is 5.88 Å². The summed E-state index contributed by atoms with van der Waals surface area (Å²) in [5.41, 5.74) is 7.41. The van der Waals surface area contributed by atoms with Crippen LogP contribution in [0.3, 0.4) is 0 Å². The van der Waals surface area contributed by atoms with Gasteiger partial charge in [0.15, 0.2) is 5.82 Å². The smallest absolute Gasteiger partial charge is 0.242 e. The van der Waals surface area contributed by atoms with Crippen molar-refractivity contribution < 1.29 is 4.74 Å². The first kappa shape index (κ1) is 13.5. The first-order valence-corrected chi connectivity index (χ1v) is 6.91. The van der Waals surface area contributed by atoms with Crippen LogP contribution < -0.4 is 15.8 Å². The fourth-order valence-electron chi connectivity index (χ4n) is 1.58. The first-order valence-electron chi connectivity index (χ1n) is 6.03. The molecule has 0 saturated heterocycles. The van der Waals surface area contributed by atoms with Crippen molar-refractivity contribution in [2.45, 2.75) is 26.8 Å². The number of aryl methyl sites for hydroxylation is 1. The maximum absolute atomic E-state index is 5.97. The van der Waals surface area contributed by atoms with Crippen molar-refractivity contribution in [3.63, 3.8) is 0 Å². The van der Waals surface area contributed by atoms with Crippen LogP contribution in [0.25, 0.3) is 0 Å². The monoisotopic (exact) mass is 279 g/mol. The molecule has 2 aromatic rings. The summed E-state index contributed by atoms with van der Waals surface area (Å²) in [5.74, 6) is 0.973. The molecule has 0 aliphatic carbocycles. The molecule has 0 aliphatic heterocycles. The zero-order valence-electron chi connectivity index (χ0n) is 11.2. The molecule has 102 valence electrons. The van der Waals surface area contributed by atoms with Gasteiger partial charge in [-0.2, -0.15) is 4.98 Å². The van der Waals surface area contributed by atoms with E-state index in [1.165, 1.54) is 6.33 Å². The van der Waals surface area contributed by atoms with Crippen LogP contribution in [0.5, 0.6) is 5.88 Å². The number of anilines is 2. The van der Waals surface area contributed by atoms with E-state index in [1.807, 2.05) is 26.2 Å². The Morgan fingerprint density at radius 2 is 2.26 bits per heavy atom. The van der Waals surface area contributed by atoms with Gasteiger partial charge in [-0.15, -0.1) is 11.3 Å². The van der Waals surface area contributed by atoms with Gasteiger partial charge in [0, 0.05) is 11.1 Å². The summed E-state index contributed by atoms with van der Waals surface area (Å²) in [6, 6.07) is 0.0328. The molecular weight excluding hydrogens is 262 g/mol. The molecular formula is C12H17N5OS. The van der Waals surface area contributed by atoms with Gasteiger partial charge in [0.05, 0.1) is 12.6 Å². The Hall–Kier alpha value is -1.89. The van der Waals surface area contributed by atoms with Crippen LogP contribution in [-0.2, 0) is 0 Å². The second kappa shape index (κ2) is 5.83. The number of nitrogens with two attached hydrogens (primary N) is 1. The molecule has 6 nitrogen and oxygen atoms in total. The molecule has 0 spiro atoms. The quantitative estimate of drug-likeness (QED) is 0.874. The van der Waals surface area contributed by atoms with E-state index >= 15 is 0 Å². The maximum Gasteiger partial charge on any atom is 0.242 e. The van der Waals surface area contributed by atoms with Gasteiger partial charge in [-0.05, 0) is 20.8 Å². The molecule has 1 unspecified atom stereocenters. The van der Waals surface area contributed by atoms with E-state index in [0.717, 1.165) is 10.7 Å². The molecule has 2 heterocycles. The predicted molar refractivity (Wildman–Crippen MR) is 76.5 cm³/mol. The van der Waals surface area contributed by atoms with Crippen LogP contribution in [0.15, 0.2) is 11.7 Å². The number of nitrogens with zero attached hydrogens (tertiary/aromatic N) is 3. The molecule has 0 amide bonds. The van der Waals surface area contributed by atoms with Crippen LogP contribution >= 0.6 is 11.3 Å². The second-order valence-corrected chi connectivity index (χ2v) is 4.96. The third kappa shape index (κ3) is 3.11. The van der Waals surface area contributed by atoms with Crippen molar-refractivity contribution in [2.24, 2.45) is 0 Å². The standard InChI is InChI=1S/C12H17N5OS/c1-4-18-11-9(13)10(14-6-15-11)17-8(3)12-16-7(2)5-19-12/h5-6,8H,4,13H2,1-3H3,(H,14,15,17). The largest absolute Gasteiger partial charge is 0.476 e. The van der Waals surface area contributed by atoms with Crippen LogP contribution in [0.4, 0.5) is 11.5 Å². The SMILES string of the molecule is CCOc1ncnc(NC(C)c2nc(C)cs2)c1N. The Kier molecular flexibility index (Phi) is 4.16. The number of ether oxygens (including phenoxy) is 1. The van der Waals surface area contributed by atoms with Crippen molar-refractivity contribution >= 4 is 22.8 Å². The summed E-state index contributed by atoms with van der Waals surface area (Å²) in [4.78, 5) is 12.6. The van der Waals surface area contributed by atoms with Gasteiger partial charge in [-0.1, -0.05) is 0 Å². The van der Waals surface area contributed by atoms with E-state index in [-0.39, 0.29) is 6.04 Å². The summed E-state index contributed by atoms with van der Waals surface area (Å²) in [7, 11) is 0. The van der Waals surface area contributed by atoms with E-state index in [9.17, 15) is 0 Å². The molecule has 19 heavy (non-hydrogen) atoms. The lowest BCUT2D eigenvalue weighted by molar-refractivity contribution is 0.328. The lowest BCUT2D eigenvalue weighted by Crippen LogP contribution is -2.11. The molecule has 0 aliphatic rings. The van der Waals surface area contributed by atoms with Crippen molar-refractivity contribution in [1.82, 2.24) is 15.0 Å². The Labute approximate surface area is 116 Å². The van der Waals surface area contributed by atoms with Gasteiger partial charge in [0.1, 0.15) is 17.0 Å². The minimum atomic E-state index is 0.0328. The van der Waals surface area contributed by atoms with E-state index in [4.69, 9.17) is 10.5 Å². The zero-order chi connectivity index (χ0) is 13.8. The number of thiazole rings is 1. The van der Waals surface area contributed by atoms with E-state index in [1.54, 1.807) is 11.3 Å². The summed E-state index contributed by atoms with van der Waals surface area (Å²) >= 11 is 1.61. The molecule has 0 saturated carbocycles.